The molecule has 0 heterocycles. The molecule has 0 aliphatic carbocycles. The van der Waals surface area contributed by atoms with Crippen molar-refractivity contribution >= 4 is 39.0 Å². The van der Waals surface area contributed by atoms with Crippen molar-refractivity contribution in [1.82, 2.24) is 0 Å². The van der Waals surface area contributed by atoms with Crippen molar-refractivity contribution in [2.24, 2.45) is 0 Å². The lowest BCUT2D eigenvalue weighted by Gasteiger charge is -2.20. The SMILES string of the molecule is COc1ccc(C(=O)CC(Nc2ccc(Cl)cc2)c2ccc(Br)cc2)cc1. The summed E-state index contributed by atoms with van der Waals surface area (Å²) in [6.45, 7) is 0. The number of rotatable bonds is 7. The average Bonchev–Trinajstić information content (AvgIpc) is 2.70. The van der Waals surface area contributed by atoms with E-state index in [0.29, 0.717) is 17.0 Å². The van der Waals surface area contributed by atoms with Gasteiger partial charge in [0.2, 0.25) is 0 Å². The molecule has 0 aliphatic rings. The number of nitrogens with one attached hydrogen (secondary N) is 1. The molecule has 3 aromatic carbocycles. The van der Waals surface area contributed by atoms with Crippen LogP contribution in [0.2, 0.25) is 5.02 Å². The van der Waals surface area contributed by atoms with Crippen LogP contribution in [0, 0.1) is 0 Å². The number of carbonyl (C=O) groups is 1. The van der Waals surface area contributed by atoms with Crippen molar-refractivity contribution in [3.05, 3.63) is 93.4 Å². The zero-order valence-electron chi connectivity index (χ0n) is 14.8. The number of Topliss-reactive ketones (excluding diaryl/α,β-unsaturated/α-hetero) is 1. The Balaban J connectivity index is 1.82. The van der Waals surface area contributed by atoms with Gasteiger partial charge < -0.3 is 10.1 Å². The molecule has 27 heavy (non-hydrogen) atoms. The van der Waals surface area contributed by atoms with Gasteiger partial charge in [-0.2, -0.15) is 0 Å². The van der Waals surface area contributed by atoms with E-state index in [1.54, 1.807) is 31.4 Å². The fraction of sp³-hybridized carbons (Fsp3) is 0.136. The third-order valence-electron chi connectivity index (χ3n) is 4.26. The maximum Gasteiger partial charge on any atom is 0.165 e. The van der Waals surface area contributed by atoms with Crippen LogP contribution >= 0.6 is 27.5 Å². The van der Waals surface area contributed by atoms with Gasteiger partial charge in [-0.1, -0.05) is 39.7 Å². The van der Waals surface area contributed by atoms with Crippen molar-refractivity contribution < 1.29 is 9.53 Å². The Hall–Kier alpha value is -2.30. The second kappa shape index (κ2) is 9.07. The predicted molar refractivity (Wildman–Crippen MR) is 114 cm³/mol. The molecule has 0 aliphatic heterocycles. The van der Waals surface area contributed by atoms with Gasteiger partial charge in [-0.05, 0) is 66.2 Å². The van der Waals surface area contributed by atoms with Gasteiger partial charge in [-0.25, -0.2) is 0 Å². The first-order valence-corrected chi connectivity index (χ1v) is 9.67. The van der Waals surface area contributed by atoms with Crippen molar-refractivity contribution in [2.45, 2.75) is 12.5 Å². The van der Waals surface area contributed by atoms with Crippen LogP contribution in [-0.2, 0) is 0 Å². The van der Waals surface area contributed by atoms with E-state index in [1.807, 2.05) is 48.5 Å². The predicted octanol–water partition coefficient (Wildman–Crippen LogP) is 6.54. The molecule has 3 rings (SSSR count). The van der Waals surface area contributed by atoms with Gasteiger partial charge in [0.05, 0.1) is 13.2 Å². The molecule has 0 radical (unpaired) electrons. The lowest BCUT2D eigenvalue weighted by molar-refractivity contribution is 0.0976. The minimum Gasteiger partial charge on any atom is -0.497 e. The van der Waals surface area contributed by atoms with Crippen LogP contribution in [0.5, 0.6) is 5.75 Å². The van der Waals surface area contributed by atoms with E-state index in [9.17, 15) is 4.79 Å². The molecule has 5 heteroatoms. The van der Waals surface area contributed by atoms with Crippen LogP contribution in [0.25, 0.3) is 0 Å². The molecule has 0 saturated carbocycles. The quantitative estimate of drug-likeness (QED) is 0.421. The second-order valence-electron chi connectivity index (χ2n) is 6.11. The normalized spacial score (nSPS) is 11.7. The van der Waals surface area contributed by atoms with Gasteiger partial charge in [-0.3, -0.25) is 4.79 Å². The molecule has 1 N–H and O–H groups in total. The van der Waals surface area contributed by atoms with Gasteiger partial charge >= 0.3 is 0 Å². The molecule has 0 aromatic heterocycles. The number of anilines is 1. The minimum atomic E-state index is -0.158. The molecule has 3 aromatic rings. The highest BCUT2D eigenvalue weighted by Gasteiger charge is 2.17. The zero-order chi connectivity index (χ0) is 19.2. The maximum absolute atomic E-state index is 12.8. The lowest BCUT2D eigenvalue weighted by Crippen LogP contribution is -2.15. The summed E-state index contributed by atoms with van der Waals surface area (Å²) in [4.78, 5) is 12.8. The molecule has 0 spiro atoms. The highest BCUT2D eigenvalue weighted by molar-refractivity contribution is 9.10. The number of benzene rings is 3. The van der Waals surface area contributed by atoms with Gasteiger partial charge in [-0.15, -0.1) is 0 Å². The molecule has 1 atom stereocenters. The Morgan fingerprint density at radius 3 is 2.22 bits per heavy atom. The Bertz CT molecular complexity index is 893. The summed E-state index contributed by atoms with van der Waals surface area (Å²) < 4.78 is 6.16. The van der Waals surface area contributed by atoms with Crippen LogP contribution in [0.4, 0.5) is 5.69 Å². The van der Waals surface area contributed by atoms with Crippen molar-refractivity contribution in [3.63, 3.8) is 0 Å². The van der Waals surface area contributed by atoms with Gasteiger partial charge in [0.1, 0.15) is 5.75 Å². The first kappa shape index (κ1) is 19.5. The Kier molecular flexibility index (Phi) is 6.54. The van der Waals surface area contributed by atoms with Gasteiger partial charge in [0.15, 0.2) is 5.78 Å². The fourth-order valence-electron chi connectivity index (χ4n) is 2.77. The molecule has 138 valence electrons. The number of halogens is 2. The Morgan fingerprint density at radius 2 is 1.63 bits per heavy atom. The molecule has 0 saturated heterocycles. The molecular formula is C22H19BrClNO2. The summed E-state index contributed by atoms with van der Waals surface area (Å²) in [5.41, 5.74) is 2.61. The first-order valence-electron chi connectivity index (χ1n) is 8.50. The van der Waals surface area contributed by atoms with E-state index in [1.165, 1.54) is 0 Å². The van der Waals surface area contributed by atoms with E-state index < -0.39 is 0 Å². The highest BCUT2D eigenvalue weighted by atomic mass is 79.9. The Morgan fingerprint density at radius 1 is 1.00 bits per heavy atom. The summed E-state index contributed by atoms with van der Waals surface area (Å²) in [5.74, 6) is 0.794. The fourth-order valence-corrected chi connectivity index (χ4v) is 3.17. The van der Waals surface area contributed by atoms with Gasteiger partial charge in [0, 0.05) is 27.2 Å². The minimum absolute atomic E-state index is 0.0621. The van der Waals surface area contributed by atoms with Crippen molar-refractivity contribution in [3.8, 4) is 5.75 Å². The topological polar surface area (TPSA) is 38.3 Å². The summed E-state index contributed by atoms with van der Waals surface area (Å²) in [6, 6.07) is 22.5. The zero-order valence-corrected chi connectivity index (χ0v) is 17.1. The summed E-state index contributed by atoms with van der Waals surface area (Å²) in [7, 11) is 1.61. The summed E-state index contributed by atoms with van der Waals surface area (Å²) in [5, 5.41) is 4.12. The number of ketones is 1. The van der Waals surface area contributed by atoms with E-state index in [-0.39, 0.29) is 11.8 Å². The van der Waals surface area contributed by atoms with Crippen LogP contribution in [0.15, 0.2) is 77.3 Å². The van der Waals surface area contributed by atoms with Crippen LogP contribution in [-0.4, -0.2) is 12.9 Å². The van der Waals surface area contributed by atoms with E-state index >= 15 is 0 Å². The molecule has 3 nitrogen and oxygen atoms in total. The summed E-state index contributed by atoms with van der Waals surface area (Å²) in [6.07, 6.45) is 0.330. The number of carbonyl (C=O) groups excluding carboxylic acids is 1. The van der Waals surface area contributed by atoms with Crippen molar-refractivity contribution in [1.29, 1.82) is 0 Å². The molecule has 0 fully saturated rings. The second-order valence-corrected chi connectivity index (χ2v) is 7.46. The highest BCUT2D eigenvalue weighted by Crippen LogP contribution is 2.27. The smallest absolute Gasteiger partial charge is 0.165 e. The van der Waals surface area contributed by atoms with Crippen LogP contribution in [0.3, 0.4) is 0 Å². The largest absolute Gasteiger partial charge is 0.497 e. The number of ether oxygens (including phenoxy) is 1. The van der Waals surface area contributed by atoms with Crippen molar-refractivity contribution in [2.75, 3.05) is 12.4 Å². The van der Waals surface area contributed by atoms with Gasteiger partial charge in [0.25, 0.3) is 0 Å². The molecule has 0 amide bonds. The average molecular weight is 445 g/mol. The number of hydrogen-bond acceptors (Lipinski definition) is 3. The Labute approximate surface area is 172 Å². The maximum atomic E-state index is 12.8. The molecule has 1 unspecified atom stereocenters. The van der Waals surface area contributed by atoms with Crippen LogP contribution in [0.1, 0.15) is 28.4 Å². The van der Waals surface area contributed by atoms with Crippen LogP contribution < -0.4 is 10.1 Å². The summed E-state index contributed by atoms with van der Waals surface area (Å²) >= 11 is 9.43. The first-order chi connectivity index (χ1) is 13.0. The van der Waals surface area contributed by atoms with E-state index in [4.69, 9.17) is 16.3 Å². The standard InChI is InChI=1S/C22H19BrClNO2/c1-27-20-12-4-16(5-13-20)22(26)14-21(15-2-6-17(23)7-3-15)25-19-10-8-18(24)9-11-19/h2-13,21,25H,14H2,1H3. The van der Waals surface area contributed by atoms with E-state index in [0.717, 1.165) is 21.5 Å². The number of hydrogen-bond donors (Lipinski definition) is 1. The number of methoxy groups -OCH3 is 1. The molecular weight excluding hydrogens is 426 g/mol. The molecule has 0 bridgehead atoms. The third-order valence-corrected chi connectivity index (χ3v) is 5.04. The third kappa shape index (κ3) is 5.34. The lowest BCUT2D eigenvalue weighted by atomic mass is 9.97. The monoisotopic (exact) mass is 443 g/mol. The van der Waals surface area contributed by atoms with E-state index in [2.05, 4.69) is 21.2 Å².